The molecule has 3 nitrogen and oxygen atoms in total. The van der Waals surface area contributed by atoms with Crippen LogP contribution in [0, 0.1) is 6.92 Å². The monoisotopic (exact) mass is 390 g/mol. The molecule has 0 bridgehead atoms. The summed E-state index contributed by atoms with van der Waals surface area (Å²) >= 11 is 9.46. The molecule has 0 unspecified atom stereocenters. The number of carbonyl (C=O) groups is 1. The summed E-state index contributed by atoms with van der Waals surface area (Å²) in [6.45, 7) is 3.82. The van der Waals surface area contributed by atoms with Crippen molar-refractivity contribution in [3.05, 3.63) is 73.6 Å². The fraction of sp³-hybridized carbons (Fsp3) is 0.211. The Balaban J connectivity index is 1.67. The van der Waals surface area contributed by atoms with Gasteiger partial charge in [0.25, 0.3) is 0 Å². The molecule has 3 rings (SSSR count). The number of hydrogen-bond donors (Lipinski definition) is 1. The number of rotatable bonds is 7. The van der Waals surface area contributed by atoms with Crippen LogP contribution in [0.3, 0.4) is 0 Å². The van der Waals surface area contributed by atoms with Crippen molar-refractivity contribution >= 4 is 45.9 Å². The summed E-state index contributed by atoms with van der Waals surface area (Å²) in [4.78, 5) is 17.2. The highest BCUT2D eigenvalue weighted by Crippen LogP contribution is 2.21. The van der Waals surface area contributed by atoms with Crippen LogP contribution in [0.2, 0.25) is 5.02 Å². The quantitative estimate of drug-likeness (QED) is 0.584. The van der Waals surface area contributed by atoms with Gasteiger partial charge in [0.2, 0.25) is 5.91 Å². The average molecular weight is 391 g/mol. The lowest BCUT2D eigenvalue weighted by Gasteiger charge is -2.21. The SMILES string of the molecule is Cc1ccc(Cl)cc1NC(=O)CN(Cc1cccs1)Cc1cccs1. The molecule has 0 aliphatic carbocycles. The van der Waals surface area contributed by atoms with Crippen molar-refractivity contribution in [3.63, 3.8) is 0 Å². The zero-order chi connectivity index (χ0) is 17.6. The fourth-order valence-electron chi connectivity index (χ4n) is 2.54. The molecule has 1 amide bonds. The van der Waals surface area contributed by atoms with Gasteiger partial charge >= 0.3 is 0 Å². The first-order valence-corrected chi connectivity index (χ1v) is 10.1. The Morgan fingerprint density at radius 3 is 2.28 bits per heavy atom. The predicted molar refractivity (Wildman–Crippen MR) is 108 cm³/mol. The van der Waals surface area contributed by atoms with E-state index in [0.717, 1.165) is 24.3 Å². The van der Waals surface area contributed by atoms with Crippen molar-refractivity contribution in [2.24, 2.45) is 0 Å². The predicted octanol–water partition coefficient (Wildman–Crippen LogP) is 5.41. The maximum Gasteiger partial charge on any atom is 0.238 e. The number of aryl methyl sites for hydroxylation is 1. The van der Waals surface area contributed by atoms with Crippen molar-refractivity contribution in [2.75, 3.05) is 11.9 Å². The Labute approximate surface area is 160 Å². The Bertz CT molecular complexity index is 780. The second-order valence-corrected chi connectivity index (χ2v) is 8.31. The van der Waals surface area contributed by atoms with Crippen molar-refractivity contribution < 1.29 is 4.79 Å². The van der Waals surface area contributed by atoms with E-state index < -0.39 is 0 Å². The summed E-state index contributed by atoms with van der Waals surface area (Å²) in [6, 6.07) is 13.8. The van der Waals surface area contributed by atoms with Crippen molar-refractivity contribution in [2.45, 2.75) is 20.0 Å². The smallest absolute Gasteiger partial charge is 0.238 e. The van der Waals surface area contributed by atoms with Crippen molar-refractivity contribution in [1.29, 1.82) is 0 Å². The van der Waals surface area contributed by atoms with Crippen LogP contribution in [-0.2, 0) is 17.9 Å². The van der Waals surface area contributed by atoms with Crippen LogP contribution < -0.4 is 5.32 Å². The number of thiophene rings is 2. The average Bonchev–Trinajstić information content (AvgIpc) is 3.25. The van der Waals surface area contributed by atoms with E-state index in [-0.39, 0.29) is 5.91 Å². The molecule has 0 atom stereocenters. The van der Waals surface area contributed by atoms with E-state index in [4.69, 9.17) is 11.6 Å². The Kier molecular flexibility index (Phi) is 6.26. The summed E-state index contributed by atoms with van der Waals surface area (Å²) in [7, 11) is 0. The highest BCUT2D eigenvalue weighted by atomic mass is 35.5. The fourth-order valence-corrected chi connectivity index (χ4v) is 4.20. The lowest BCUT2D eigenvalue weighted by atomic mass is 10.2. The molecule has 0 fully saturated rings. The molecular formula is C19H19ClN2OS2. The van der Waals surface area contributed by atoms with E-state index in [1.807, 2.05) is 31.2 Å². The second kappa shape index (κ2) is 8.63. The maximum atomic E-state index is 12.6. The van der Waals surface area contributed by atoms with Gasteiger partial charge in [-0.1, -0.05) is 29.8 Å². The first-order chi connectivity index (χ1) is 12.1. The first kappa shape index (κ1) is 18.1. The van der Waals surface area contributed by atoms with E-state index in [1.54, 1.807) is 28.7 Å². The van der Waals surface area contributed by atoms with Gasteiger partial charge in [0.1, 0.15) is 0 Å². The number of halogens is 1. The maximum absolute atomic E-state index is 12.6. The minimum Gasteiger partial charge on any atom is -0.325 e. The van der Waals surface area contributed by atoms with Gasteiger partial charge in [-0.3, -0.25) is 9.69 Å². The summed E-state index contributed by atoms with van der Waals surface area (Å²) in [5.74, 6) is -0.0292. The second-order valence-electron chi connectivity index (χ2n) is 5.81. The standard InChI is InChI=1S/C19H19ClN2OS2/c1-14-6-7-15(20)10-18(14)21-19(23)13-22(11-16-4-2-8-24-16)12-17-5-3-9-25-17/h2-10H,11-13H2,1H3,(H,21,23). The number of hydrogen-bond acceptors (Lipinski definition) is 4. The lowest BCUT2D eigenvalue weighted by Crippen LogP contribution is -2.32. The van der Waals surface area contributed by atoms with Gasteiger partial charge in [-0.05, 0) is 47.5 Å². The van der Waals surface area contributed by atoms with Crippen LogP contribution in [0.4, 0.5) is 5.69 Å². The number of carbonyl (C=O) groups excluding carboxylic acids is 1. The minimum atomic E-state index is -0.0292. The number of nitrogens with zero attached hydrogens (tertiary/aromatic N) is 1. The van der Waals surface area contributed by atoms with E-state index in [2.05, 4.69) is 33.1 Å². The Morgan fingerprint density at radius 2 is 1.72 bits per heavy atom. The third kappa shape index (κ3) is 5.41. The molecule has 2 heterocycles. The van der Waals surface area contributed by atoms with Crippen LogP contribution in [0.5, 0.6) is 0 Å². The van der Waals surface area contributed by atoms with Gasteiger partial charge in [-0.15, -0.1) is 22.7 Å². The molecule has 25 heavy (non-hydrogen) atoms. The number of benzene rings is 1. The molecule has 0 saturated heterocycles. The largest absolute Gasteiger partial charge is 0.325 e. The highest BCUT2D eigenvalue weighted by Gasteiger charge is 2.14. The summed E-state index contributed by atoms with van der Waals surface area (Å²) in [5, 5.41) is 7.73. The molecule has 0 radical (unpaired) electrons. The molecule has 1 aromatic carbocycles. The third-order valence-corrected chi connectivity index (χ3v) is 5.72. The Hall–Kier alpha value is -1.66. The van der Waals surface area contributed by atoms with Gasteiger partial charge in [0.15, 0.2) is 0 Å². The van der Waals surface area contributed by atoms with Crippen molar-refractivity contribution in [1.82, 2.24) is 4.90 Å². The number of amides is 1. The zero-order valence-electron chi connectivity index (χ0n) is 13.9. The van der Waals surface area contributed by atoms with Gasteiger partial charge in [0, 0.05) is 33.6 Å². The van der Waals surface area contributed by atoms with Crippen molar-refractivity contribution in [3.8, 4) is 0 Å². The molecule has 0 aliphatic heterocycles. The minimum absolute atomic E-state index is 0.0292. The molecule has 0 saturated carbocycles. The van der Waals surface area contributed by atoms with Crippen LogP contribution in [0.1, 0.15) is 15.3 Å². The zero-order valence-corrected chi connectivity index (χ0v) is 16.3. The van der Waals surface area contributed by atoms with E-state index in [9.17, 15) is 4.79 Å². The number of anilines is 1. The molecule has 130 valence electrons. The summed E-state index contributed by atoms with van der Waals surface area (Å²) < 4.78 is 0. The van der Waals surface area contributed by atoms with Crippen LogP contribution in [0.15, 0.2) is 53.2 Å². The third-order valence-electron chi connectivity index (χ3n) is 3.76. The summed E-state index contributed by atoms with van der Waals surface area (Å²) in [5.41, 5.74) is 1.77. The highest BCUT2D eigenvalue weighted by molar-refractivity contribution is 7.10. The van der Waals surface area contributed by atoms with E-state index in [0.29, 0.717) is 11.6 Å². The summed E-state index contributed by atoms with van der Waals surface area (Å²) in [6.07, 6.45) is 0. The van der Waals surface area contributed by atoms with E-state index >= 15 is 0 Å². The molecule has 1 N–H and O–H groups in total. The lowest BCUT2D eigenvalue weighted by molar-refractivity contribution is -0.117. The molecule has 6 heteroatoms. The topological polar surface area (TPSA) is 32.3 Å². The number of nitrogens with one attached hydrogen (secondary N) is 1. The van der Waals surface area contributed by atoms with Gasteiger partial charge in [0.05, 0.1) is 6.54 Å². The van der Waals surface area contributed by atoms with Gasteiger partial charge in [-0.25, -0.2) is 0 Å². The molecule has 0 spiro atoms. The molecule has 2 aromatic heterocycles. The Morgan fingerprint density at radius 1 is 1.08 bits per heavy atom. The van der Waals surface area contributed by atoms with E-state index in [1.165, 1.54) is 9.75 Å². The molecular weight excluding hydrogens is 372 g/mol. The van der Waals surface area contributed by atoms with Gasteiger partial charge < -0.3 is 5.32 Å². The van der Waals surface area contributed by atoms with Gasteiger partial charge in [-0.2, -0.15) is 0 Å². The van der Waals surface area contributed by atoms with Crippen LogP contribution in [-0.4, -0.2) is 17.4 Å². The molecule has 0 aliphatic rings. The first-order valence-electron chi connectivity index (χ1n) is 7.93. The van der Waals surface area contributed by atoms with Crippen LogP contribution in [0.25, 0.3) is 0 Å². The molecule has 3 aromatic rings. The normalized spacial score (nSPS) is 11.0. The van der Waals surface area contributed by atoms with Crippen LogP contribution >= 0.6 is 34.3 Å².